The molecular formula is C15H9NaO10S. The molecule has 3 aromatic rings. The third kappa shape index (κ3) is 3.42. The zero-order valence-electron chi connectivity index (χ0n) is 13.5. The second-order valence-electron chi connectivity index (χ2n) is 5.21. The van der Waals surface area contributed by atoms with Crippen molar-refractivity contribution in [2.45, 2.75) is 4.90 Å². The molecule has 0 saturated carbocycles. The van der Waals surface area contributed by atoms with Gasteiger partial charge in [-0.1, -0.05) is 0 Å². The molecule has 0 spiro atoms. The van der Waals surface area contributed by atoms with E-state index in [4.69, 9.17) is 4.42 Å². The molecule has 27 heavy (non-hydrogen) atoms. The fraction of sp³-hybridized carbons (Fsp3) is 0. The van der Waals surface area contributed by atoms with Gasteiger partial charge in [0.15, 0.2) is 22.8 Å². The average Bonchev–Trinajstić information content (AvgIpc) is 2.51. The molecule has 0 unspecified atom stereocenters. The molecule has 5 N–H and O–H groups in total. The molecule has 0 aliphatic heterocycles. The van der Waals surface area contributed by atoms with E-state index in [9.17, 15) is 43.3 Å². The van der Waals surface area contributed by atoms with E-state index in [1.165, 1.54) is 0 Å². The van der Waals surface area contributed by atoms with Gasteiger partial charge in [0, 0.05) is 11.6 Å². The van der Waals surface area contributed by atoms with Gasteiger partial charge in [-0.25, -0.2) is 8.42 Å². The van der Waals surface area contributed by atoms with E-state index in [0.717, 1.165) is 18.2 Å². The van der Waals surface area contributed by atoms with Gasteiger partial charge in [-0.3, -0.25) is 4.79 Å². The van der Waals surface area contributed by atoms with Gasteiger partial charge in [-0.2, -0.15) is 0 Å². The van der Waals surface area contributed by atoms with Crippen LogP contribution in [-0.4, -0.2) is 38.5 Å². The Balaban J connectivity index is 0.00000261. The predicted octanol–water partition coefficient (Wildman–Crippen LogP) is -2.10. The summed E-state index contributed by atoms with van der Waals surface area (Å²) in [6.07, 6.45) is 0. The first-order valence-electron chi connectivity index (χ1n) is 6.75. The van der Waals surface area contributed by atoms with Crippen molar-refractivity contribution in [2.75, 3.05) is 0 Å². The van der Waals surface area contributed by atoms with Crippen molar-refractivity contribution in [3.8, 4) is 40.1 Å². The number of rotatable bonds is 2. The van der Waals surface area contributed by atoms with E-state index >= 15 is 0 Å². The van der Waals surface area contributed by atoms with Crippen molar-refractivity contribution in [3.63, 3.8) is 0 Å². The number of aromatic hydroxyl groups is 5. The van der Waals surface area contributed by atoms with Crippen LogP contribution in [0.3, 0.4) is 0 Å². The predicted molar refractivity (Wildman–Crippen MR) is 84.2 cm³/mol. The maximum Gasteiger partial charge on any atom is 1.00 e. The van der Waals surface area contributed by atoms with E-state index in [1.807, 2.05) is 0 Å². The summed E-state index contributed by atoms with van der Waals surface area (Å²) in [6, 6.07) is 3.47. The monoisotopic (exact) mass is 404 g/mol. The van der Waals surface area contributed by atoms with Crippen LogP contribution in [0.5, 0.6) is 28.7 Å². The third-order valence-electron chi connectivity index (χ3n) is 3.54. The van der Waals surface area contributed by atoms with Gasteiger partial charge < -0.3 is 34.5 Å². The first-order valence-corrected chi connectivity index (χ1v) is 8.16. The van der Waals surface area contributed by atoms with E-state index < -0.39 is 65.9 Å². The van der Waals surface area contributed by atoms with Crippen LogP contribution in [0.4, 0.5) is 0 Å². The van der Waals surface area contributed by atoms with Gasteiger partial charge in [-0.05, 0) is 18.2 Å². The number of phenolic OH excluding ortho intramolecular Hbond substituents is 4. The zero-order chi connectivity index (χ0) is 19.4. The fourth-order valence-corrected chi connectivity index (χ4v) is 3.09. The van der Waals surface area contributed by atoms with Crippen LogP contribution < -0.4 is 35.0 Å². The molecule has 0 amide bonds. The number of benzene rings is 2. The Hall–Kier alpha value is -2.44. The van der Waals surface area contributed by atoms with Crippen LogP contribution in [0.25, 0.3) is 22.3 Å². The minimum absolute atomic E-state index is 0. The maximum atomic E-state index is 12.3. The van der Waals surface area contributed by atoms with Crippen LogP contribution in [0.2, 0.25) is 0 Å². The Bertz CT molecular complexity index is 1230. The Morgan fingerprint density at radius 1 is 0.889 bits per heavy atom. The minimum atomic E-state index is -5.34. The average molecular weight is 404 g/mol. The van der Waals surface area contributed by atoms with Crippen molar-refractivity contribution in [1.82, 2.24) is 0 Å². The zero-order valence-corrected chi connectivity index (χ0v) is 16.3. The Morgan fingerprint density at radius 2 is 1.52 bits per heavy atom. The fourth-order valence-electron chi connectivity index (χ4n) is 2.40. The summed E-state index contributed by atoms with van der Waals surface area (Å²) >= 11 is 0. The van der Waals surface area contributed by atoms with Crippen LogP contribution >= 0.6 is 0 Å². The topological polar surface area (TPSA) is 189 Å². The summed E-state index contributed by atoms with van der Waals surface area (Å²) in [6.45, 7) is 0. The third-order valence-corrected chi connectivity index (χ3v) is 4.44. The van der Waals surface area contributed by atoms with E-state index in [1.54, 1.807) is 0 Å². The summed E-state index contributed by atoms with van der Waals surface area (Å²) in [4.78, 5) is 11.0. The SMILES string of the molecule is O=c1c(O)c(-c2ccc(O)c(O)c2)oc2c(S(=O)(=O)[O-])c(O)cc(O)c12.[Na+]. The first kappa shape index (κ1) is 20.9. The molecule has 0 aliphatic rings. The van der Waals surface area contributed by atoms with Crippen LogP contribution in [-0.2, 0) is 10.1 Å². The molecule has 10 nitrogen and oxygen atoms in total. The largest absolute Gasteiger partial charge is 1.00 e. The Morgan fingerprint density at radius 3 is 2.07 bits per heavy atom. The first-order chi connectivity index (χ1) is 12.0. The van der Waals surface area contributed by atoms with Crippen LogP contribution in [0.1, 0.15) is 0 Å². The van der Waals surface area contributed by atoms with Crippen molar-refractivity contribution in [3.05, 3.63) is 34.5 Å². The minimum Gasteiger partial charge on any atom is -0.744 e. The maximum absolute atomic E-state index is 12.3. The summed E-state index contributed by atoms with van der Waals surface area (Å²) in [5.41, 5.74) is -2.41. The standard InChI is InChI=1S/C15H10O10S.Na/c16-6-2-1-5(3-7(6)17)13-12(21)11(20)10-8(18)4-9(19)15(14(10)25-13)26(22,23)24;/h1-4,16-19,21H,(H,22,23,24);/q;+1/p-1. The second kappa shape index (κ2) is 6.94. The van der Waals surface area contributed by atoms with Crippen LogP contribution in [0.15, 0.2) is 38.4 Å². The molecule has 136 valence electrons. The van der Waals surface area contributed by atoms with Gasteiger partial charge >= 0.3 is 29.6 Å². The number of phenols is 4. The summed E-state index contributed by atoms with van der Waals surface area (Å²) in [5, 5.41) is 47.5. The molecule has 2 aromatic carbocycles. The van der Waals surface area contributed by atoms with E-state index in [0.29, 0.717) is 6.07 Å². The summed E-state index contributed by atoms with van der Waals surface area (Å²) < 4.78 is 39.4. The molecular weight excluding hydrogens is 395 g/mol. The number of fused-ring (bicyclic) bond motifs is 1. The molecule has 0 bridgehead atoms. The molecule has 1 aromatic heterocycles. The molecule has 0 radical (unpaired) electrons. The van der Waals surface area contributed by atoms with Gasteiger partial charge in [-0.15, -0.1) is 0 Å². The number of hydrogen-bond acceptors (Lipinski definition) is 10. The second-order valence-corrected chi connectivity index (χ2v) is 6.53. The molecule has 12 heteroatoms. The molecule has 0 atom stereocenters. The van der Waals surface area contributed by atoms with Crippen molar-refractivity contribution in [1.29, 1.82) is 0 Å². The van der Waals surface area contributed by atoms with Gasteiger partial charge in [0.2, 0.25) is 11.2 Å². The van der Waals surface area contributed by atoms with Crippen LogP contribution in [0, 0.1) is 0 Å². The van der Waals surface area contributed by atoms with Crippen molar-refractivity contribution < 1.29 is 72.5 Å². The van der Waals surface area contributed by atoms with E-state index in [-0.39, 0.29) is 35.1 Å². The molecule has 0 saturated heterocycles. The smallest absolute Gasteiger partial charge is 0.744 e. The van der Waals surface area contributed by atoms with Gasteiger partial charge in [0.05, 0.1) is 0 Å². The molecule has 1 heterocycles. The Labute approximate surface area is 172 Å². The van der Waals surface area contributed by atoms with E-state index in [2.05, 4.69) is 0 Å². The number of hydrogen-bond donors (Lipinski definition) is 5. The van der Waals surface area contributed by atoms with Gasteiger partial charge in [0.25, 0.3) is 0 Å². The molecule has 0 aliphatic carbocycles. The summed E-state index contributed by atoms with van der Waals surface area (Å²) in [7, 11) is -5.34. The van der Waals surface area contributed by atoms with Gasteiger partial charge in [0.1, 0.15) is 31.9 Å². The van der Waals surface area contributed by atoms with Crippen molar-refractivity contribution >= 4 is 21.1 Å². The molecule has 3 rings (SSSR count). The summed E-state index contributed by atoms with van der Waals surface area (Å²) in [5.74, 6) is -4.95. The normalized spacial score (nSPS) is 11.3. The molecule has 0 fully saturated rings. The Kier molecular flexibility index (Phi) is 5.37. The quantitative estimate of drug-likeness (QED) is 0.180. The van der Waals surface area contributed by atoms with Crippen molar-refractivity contribution in [2.24, 2.45) is 0 Å².